The summed E-state index contributed by atoms with van der Waals surface area (Å²) in [7, 11) is -8.61. The zero-order valence-corrected chi connectivity index (χ0v) is 35.8. The molecule has 0 aromatic heterocycles. The maximum atomic E-state index is 7.57. The van der Waals surface area contributed by atoms with Gasteiger partial charge < -0.3 is 8.35 Å². The van der Waals surface area contributed by atoms with Crippen LogP contribution in [0.5, 0.6) is 0 Å². The predicted octanol–water partition coefficient (Wildman–Crippen LogP) is 12.4. The number of nitrogens with zero attached hydrogens (tertiary/aromatic N) is 1. The minimum Gasteiger partial charge on any atom is -0.454 e. The van der Waals surface area contributed by atoms with Gasteiger partial charge >= 0.3 is 6.00 Å². The van der Waals surface area contributed by atoms with E-state index in [2.05, 4.69) is 127 Å². The van der Waals surface area contributed by atoms with E-state index in [0.717, 1.165) is 12.8 Å². The van der Waals surface area contributed by atoms with Crippen molar-refractivity contribution in [2.24, 2.45) is 0 Å². The van der Waals surface area contributed by atoms with Gasteiger partial charge in [-0.25, -0.2) is 0 Å². The van der Waals surface area contributed by atoms with Gasteiger partial charge in [0, 0.05) is 10.8 Å². The molecular formula is C28H66Cl3NOSi5. The minimum absolute atomic E-state index is 0.0994. The van der Waals surface area contributed by atoms with E-state index in [4.69, 9.17) is 37.4 Å². The lowest BCUT2D eigenvalue weighted by molar-refractivity contribution is 0.399. The van der Waals surface area contributed by atoms with E-state index >= 15 is 0 Å². The molecule has 0 saturated heterocycles. The Morgan fingerprint density at radius 2 is 0.816 bits per heavy atom. The molecule has 0 saturated carbocycles. The summed E-state index contributed by atoms with van der Waals surface area (Å²) in [5, 5.41) is 0.0994. The quantitative estimate of drug-likeness (QED) is 0.119. The average molecular weight is 680 g/mol. The molecular weight excluding hydrogens is 613 g/mol. The highest BCUT2D eigenvalue weighted by Gasteiger charge is 2.64. The Balaban J connectivity index is 7.74. The van der Waals surface area contributed by atoms with Gasteiger partial charge in [-0.05, 0) is 65.9 Å². The first kappa shape index (κ1) is 39.9. The van der Waals surface area contributed by atoms with E-state index in [1.165, 1.54) is 0 Å². The second-order valence-electron chi connectivity index (χ2n) is 14.8. The smallest absolute Gasteiger partial charge is 0.344 e. The van der Waals surface area contributed by atoms with Gasteiger partial charge in [0.2, 0.25) is 0 Å². The normalized spacial score (nSPS) is 16.7. The van der Waals surface area contributed by atoms with Crippen LogP contribution in [0.15, 0.2) is 0 Å². The van der Waals surface area contributed by atoms with E-state index in [1.807, 2.05) is 0 Å². The molecule has 0 aliphatic carbocycles. The Hall–Kier alpha value is 1.87. The second-order valence-corrected chi connectivity index (χ2v) is 44.8. The van der Waals surface area contributed by atoms with Crippen LogP contribution in [-0.2, 0) is 4.12 Å². The summed E-state index contributed by atoms with van der Waals surface area (Å²) in [6.07, 6.45) is 2.02. The monoisotopic (exact) mass is 677 g/mol. The molecule has 230 valence electrons. The van der Waals surface area contributed by atoms with Crippen LogP contribution in [0.4, 0.5) is 0 Å². The van der Waals surface area contributed by atoms with Crippen molar-refractivity contribution in [1.82, 2.24) is 4.23 Å². The zero-order valence-electron chi connectivity index (χ0n) is 28.5. The molecule has 0 aromatic rings. The third-order valence-corrected chi connectivity index (χ3v) is 43.5. The summed E-state index contributed by atoms with van der Waals surface area (Å²) >= 11 is 20.2. The third-order valence-electron chi connectivity index (χ3n) is 10.1. The van der Waals surface area contributed by atoms with Gasteiger partial charge in [0.05, 0.1) is 0 Å². The molecule has 38 heavy (non-hydrogen) atoms. The molecule has 0 amide bonds. The lowest BCUT2D eigenvalue weighted by atomic mass is 10.5. The molecule has 0 bridgehead atoms. The highest BCUT2D eigenvalue weighted by molar-refractivity contribution is 7.66. The van der Waals surface area contributed by atoms with Crippen LogP contribution in [0.25, 0.3) is 0 Å². The fraction of sp³-hybridized carbons (Fsp3) is 1.00. The van der Waals surface area contributed by atoms with E-state index < -0.39 is 39.1 Å². The molecule has 0 spiro atoms. The molecule has 0 fully saturated rings. The molecule has 0 aliphatic rings. The fourth-order valence-electron chi connectivity index (χ4n) is 9.46. The number of hydrogen-bond acceptors (Lipinski definition) is 2. The van der Waals surface area contributed by atoms with Crippen LogP contribution in [0.2, 0.25) is 64.6 Å². The van der Waals surface area contributed by atoms with E-state index in [0.29, 0.717) is 38.9 Å². The maximum absolute atomic E-state index is 7.57. The van der Waals surface area contributed by atoms with Gasteiger partial charge in [0.15, 0.2) is 16.6 Å². The summed E-state index contributed by atoms with van der Waals surface area (Å²) < 4.78 is 10.9. The largest absolute Gasteiger partial charge is 0.454 e. The van der Waals surface area contributed by atoms with Crippen molar-refractivity contribution in [3.05, 3.63) is 0 Å². The standard InChI is InChI=1S/C28H66Cl3NOSi5/c1-19-27(34(15,16)33-35(17,18)28(20-2)38(29,30)31)32(36(21(3)4,22(5)6)23(7)8)37(24(9)10,25(11)12)26(13)14/h21-28H,19-20H2,1-18H3. The SMILES string of the molecule is CCC(N([Si](C(C)C)(C(C)C)C(C)C)[Si](C(C)C)(C(C)C)C(C)C)[Si](C)(C)O[Si](C)(C)C(CC)[Si](Cl)(Cl)Cl. The molecule has 2 atom stereocenters. The highest BCUT2D eigenvalue weighted by Crippen LogP contribution is 2.56. The van der Waals surface area contributed by atoms with Gasteiger partial charge in [-0.1, -0.05) is 103 Å². The van der Waals surface area contributed by atoms with Gasteiger partial charge in [0.1, 0.15) is 16.5 Å². The summed E-state index contributed by atoms with van der Waals surface area (Å²) in [5.41, 5.74) is 4.41. The first-order valence-corrected chi connectivity index (χ1v) is 30.9. The molecule has 0 rings (SSSR count). The number of rotatable bonds is 16. The van der Waals surface area contributed by atoms with Crippen molar-refractivity contribution in [1.29, 1.82) is 0 Å². The summed E-state index contributed by atoms with van der Waals surface area (Å²) in [6.45, 7) is 44.8. The second kappa shape index (κ2) is 14.6. The van der Waals surface area contributed by atoms with Crippen LogP contribution in [0.3, 0.4) is 0 Å². The summed E-state index contributed by atoms with van der Waals surface area (Å²) in [6, 6.07) is -2.90. The molecule has 0 N–H and O–H groups in total. The minimum atomic E-state index is -2.90. The first-order valence-electron chi connectivity index (χ1n) is 15.4. The molecule has 0 aliphatic heterocycles. The Labute approximate surface area is 259 Å². The van der Waals surface area contributed by atoms with Gasteiger partial charge in [-0.2, -0.15) is 0 Å². The van der Waals surface area contributed by atoms with Crippen molar-refractivity contribution in [2.75, 3.05) is 0 Å². The molecule has 2 nitrogen and oxygen atoms in total. The van der Waals surface area contributed by atoms with Crippen molar-refractivity contribution in [2.45, 2.75) is 180 Å². The van der Waals surface area contributed by atoms with Crippen LogP contribution in [0, 0.1) is 0 Å². The molecule has 0 radical (unpaired) electrons. The van der Waals surface area contributed by atoms with Crippen LogP contribution < -0.4 is 0 Å². The number of hydrogen-bond donors (Lipinski definition) is 0. The Morgan fingerprint density at radius 1 is 0.526 bits per heavy atom. The molecule has 0 heterocycles. The van der Waals surface area contributed by atoms with Crippen molar-refractivity contribution in [3.8, 4) is 0 Å². The fourth-order valence-corrected chi connectivity index (χ4v) is 54.5. The average Bonchev–Trinajstić information content (AvgIpc) is 2.65. The van der Waals surface area contributed by atoms with Crippen LogP contribution in [0.1, 0.15) is 110 Å². The topological polar surface area (TPSA) is 12.5 Å². The van der Waals surface area contributed by atoms with Gasteiger partial charge in [0.25, 0.3) is 0 Å². The predicted molar refractivity (Wildman–Crippen MR) is 191 cm³/mol. The molecule has 0 aromatic carbocycles. The van der Waals surface area contributed by atoms with E-state index in [1.54, 1.807) is 0 Å². The van der Waals surface area contributed by atoms with E-state index in [-0.39, 0.29) is 5.16 Å². The zero-order chi connectivity index (χ0) is 30.8. The van der Waals surface area contributed by atoms with Crippen molar-refractivity contribution in [3.63, 3.8) is 0 Å². The van der Waals surface area contributed by atoms with Crippen molar-refractivity contribution >= 4 is 72.3 Å². The van der Waals surface area contributed by atoms with Crippen LogP contribution in [-0.4, -0.2) is 49.0 Å². The summed E-state index contributed by atoms with van der Waals surface area (Å²) in [4.78, 5) is 0. The first-order chi connectivity index (χ1) is 16.9. The maximum Gasteiger partial charge on any atom is 0.344 e. The van der Waals surface area contributed by atoms with Gasteiger partial charge in [-0.3, -0.25) is 0 Å². The van der Waals surface area contributed by atoms with Crippen molar-refractivity contribution < 1.29 is 4.12 Å². The Bertz CT molecular complexity index is 648. The van der Waals surface area contributed by atoms with Gasteiger partial charge in [-0.15, -0.1) is 33.2 Å². The summed E-state index contributed by atoms with van der Waals surface area (Å²) in [5.74, 6) is 0. The molecule has 2 unspecified atom stereocenters. The number of halogens is 3. The Kier molecular flexibility index (Phi) is 15.3. The lowest BCUT2D eigenvalue weighted by Crippen LogP contribution is -2.80. The lowest BCUT2D eigenvalue weighted by Gasteiger charge is -2.67. The Morgan fingerprint density at radius 3 is 1.00 bits per heavy atom. The highest BCUT2D eigenvalue weighted by atomic mass is 35.8. The van der Waals surface area contributed by atoms with Crippen LogP contribution >= 0.6 is 33.2 Å². The molecule has 10 heteroatoms. The third kappa shape index (κ3) is 7.68. The van der Waals surface area contributed by atoms with E-state index in [9.17, 15) is 0 Å².